The molecule has 0 fully saturated rings. The van der Waals surface area contributed by atoms with E-state index in [2.05, 4.69) is 46.5 Å². The Morgan fingerprint density at radius 2 is 2.00 bits per heavy atom. The smallest absolute Gasteiger partial charge is 0.214 e. The van der Waals surface area contributed by atoms with Crippen LogP contribution in [0, 0.1) is 13.8 Å². The number of tetrazole rings is 1. The van der Waals surface area contributed by atoms with E-state index in [0.717, 1.165) is 11.3 Å². The van der Waals surface area contributed by atoms with Crippen molar-refractivity contribution in [2.24, 2.45) is 0 Å². The molecule has 0 N–H and O–H groups in total. The van der Waals surface area contributed by atoms with Crippen molar-refractivity contribution in [1.29, 1.82) is 0 Å². The lowest BCUT2D eigenvalue weighted by molar-refractivity contribution is 0.529. The first-order valence-corrected chi connectivity index (χ1v) is 9.66. The monoisotopic (exact) mass is 397 g/mol. The lowest BCUT2D eigenvalue weighted by atomic mass is 10.1. The number of aromatic nitrogens is 5. The third-order valence-corrected chi connectivity index (χ3v) is 5.30. The number of thioether (sulfide) groups is 1. The molecule has 2 heterocycles. The summed E-state index contributed by atoms with van der Waals surface area (Å²) in [4.78, 5) is 4.34. The van der Waals surface area contributed by atoms with Crippen LogP contribution in [0.3, 0.4) is 0 Å². The third kappa shape index (κ3) is 3.89. The van der Waals surface area contributed by atoms with Crippen LogP contribution in [0.15, 0.2) is 58.2 Å². The number of rotatable bonds is 5. The molecule has 0 spiro atoms. The molecule has 6 nitrogen and oxygen atoms in total. The summed E-state index contributed by atoms with van der Waals surface area (Å²) < 4.78 is 7.56. The van der Waals surface area contributed by atoms with Crippen LogP contribution in [-0.4, -0.2) is 25.2 Å². The predicted molar refractivity (Wildman–Crippen MR) is 105 cm³/mol. The second-order valence-electron chi connectivity index (χ2n) is 6.06. The highest BCUT2D eigenvalue weighted by Crippen LogP contribution is 2.27. The number of hydrogen-bond acceptors (Lipinski definition) is 6. The van der Waals surface area contributed by atoms with Crippen molar-refractivity contribution in [1.82, 2.24) is 25.2 Å². The zero-order valence-electron chi connectivity index (χ0n) is 14.8. The summed E-state index contributed by atoms with van der Waals surface area (Å²) in [6, 6.07) is 13.6. The molecule has 0 bridgehead atoms. The minimum absolute atomic E-state index is 0.520. The number of nitrogens with zero attached hydrogens (tertiary/aromatic N) is 5. The van der Waals surface area contributed by atoms with E-state index in [1.165, 1.54) is 22.9 Å². The van der Waals surface area contributed by atoms with Crippen molar-refractivity contribution >= 4 is 23.4 Å². The topological polar surface area (TPSA) is 69.6 Å². The molecule has 0 saturated carbocycles. The first-order chi connectivity index (χ1) is 13.1. The van der Waals surface area contributed by atoms with Crippen molar-refractivity contribution in [3.8, 4) is 17.0 Å². The van der Waals surface area contributed by atoms with Crippen molar-refractivity contribution in [2.45, 2.75) is 24.8 Å². The molecule has 2 aromatic carbocycles. The van der Waals surface area contributed by atoms with Gasteiger partial charge in [0.25, 0.3) is 0 Å². The quantitative estimate of drug-likeness (QED) is 0.447. The summed E-state index contributed by atoms with van der Waals surface area (Å²) >= 11 is 7.50. The van der Waals surface area contributed by atoms with Gasteiger partial charge in [-0.25, -0.2) is 4.98 Å². The van der Waals surface area contributed by atoms with Gasteiger partial charge in [-0.1, -0.05) is 41.6 Å². The zero-order valence-corrected chi connectivity index (χ0v) is 16.3. The maximum Gasteiger partial charge on any atom is 0.214 e. The summed E-state index contributed by atoms with van der Waals surface area (Å²) in [5.74, 6) is 1.80. The Morgan fingerprint density at radius 3 is 2.81 bits per heavy atom. The summed E-state index contributed by atoms with van der Waals surface area (Å²) in [5, 5.41) is 13.4. The second-order valence-corrected chi connectivity index (χ2v) is 7.44. The molecule has 0 radical (unpaired) electrons. The second kappa shape index (κ2) is 7.54. The SMILES string of the molecule is Cc1ccc(-n2nnnc2SCc2ncc(-c3cccc(Cl)c3)o2)cc1C. The molecule has 2 aromatic heterocycles. The molecule has 0 amide bonds. The first kappa shape index (κ1) is 17.8. The number of halogens is 1. The molecule has 0 atom stereocenters. The highest BCUT2D eigenvalue weighted by atomic mass is 35.5. The van der Waals surface area contributed by atoms with Gasteiger partial charge in [0.2, 0.25) is 11.0 Å². The standard InChI is InChI=1S/C19H16ClN5OS/c1-12-6-7-16(8-13(12)2)25-19(22-23-24-25)27-11-18-21-10-17(26-18)14-4-3-5-15(20)9-14/h3-10H,11H2,1-2H3. The molecular weight excluding hydrogens is 382 g/mol. The third-order valence-electron chi connectivity index (χ3n) is 4.16. The fraction of sp³-hybridized carbons (Fsp3) is 0.158. The van der Waals surface area contributed by atoms with Crippen LogP contribution >= 0.6 is 23.4 Å². The van der Waals surface area contributed by atoms with Crippen molar-refractivity contribution in [3.05, 3.63) is 70.7 Å². The summed E-state index contributed by atoms with van der Waals surface area (Å²) in [6.07, 6.45) is 1.70. The van der Waals surface area contributed by atoms with E-state index in [1.54, 1.807) is 10.9 Å². The minimum atomic E-state index is 0.520. The van der Waals surface area contributed by atoms with E-state index in [0.29, 0.717) is 27.6 Å². The minimum Gasteiger partial charge on any atom is -0.440 e. The summed E-state index contributed by atoms with van der Waals surface area (Å²) in [6.45, 7) is 4.15. The van der Waals surface area contributed by atoms with Gasteiger partial charge in [0.1, 0.15) is 0 Å². The number of oxazole rings is 1. The molecule has 27 heavy (non-hydrogen) atoms. The van der Waals surface area contributed by atoms with Crippen LogP contribution in [0.1, 0.15) is 17.0 Å². The molecule has 4 rings (SSSR count). The normalized spacial score (nSPS) is 11.1. The van der Waals surface area contributed by atoms with Gasteiger partial charge in [0.05, 0.1) is 17.6 Å². The van der Waals surface area contributed by atoms with Crippen molar-refractivity contribution < 1.29 is 4.42 Å². The Labute approximate surface area is 165 Å². The van der Waals surface area contributed by atoms with E-state index in [1.807, 2.05) is 30.3 Å². The van der Waals surface area contributed by atoms with E-state index in [4.69, 9.17) is 16.0 Å². The molecule has 0 aliphatic rings. The Balaban J connectivity index is 1.50. The lowest BCUT2D eigenvalue weighted by Gasteiger charge is -2.06. The van der Waals surface area contributed by atoms with Crippen LogP contribution < -0.4 is 0 Å². The van der Waals surface area contributed by atoms with Gasteiger partial charge >= 0.3 is 0 Å². The van der Waals surface area contributed by atoms with E-state index in [-0.39, 0.29) is 0 Å². The average Bonchev–Trinajstić information content (AvgIpc) is 3.31. The van der Waals surface area contributed by atoms with Crippen LogP contribution in [0.2, 0.25) is 5.02 Å². The van der Waals surface area contributed by atoms with Gasteiger partial charge < -0.3 is 4.42 Å². The van der Waals surface area contributed by atoms with Crippen LogP contribution in [-0.2, 0) is 5.75 Å². The molecule has 8 heteroatoms. The molecule has 0 saturated heterocycles. The van der Waals surface area contributed by atoms with Gasteiger partial charge in [0, 0.05) is 10.6 Å². The average molecular weight is 398 g/mol. The molecule has 0 aliphatic carbocycles. The van der Waals surface area contributed by atoms with E-state index >= 15 is 0 Å². The van der Waals surface area contributed by atoms with Crippen molar-refractivity contribution in [3.63, 3.8) is 0 Å². The molecular formula is C19H16ClN5OS. The van der Waals surface area contributed by atoms with Crippen LogP contribution in [0.25, 0.3) is 17.0 Å². The maximum atomic E-state index is 6.04. The molecule has 0 unspecified atom stereocenters. The molecule has 0 aliphatic heterocycles. The lowest BCUT2D eigenvalue weighted by Crippen LogP contribution is -2.00. The number of hydrogen-bond donors (Lipinski definition) is 0. The highest BCUT2D eigenvalue weighted by molar-refractivity contribution is 7.98. The predicted octanol–water partition coefficient (Wildman–Crippen LogP) is 4.88. The first-order valence-electron chi connectivity index (χ1n) is 8.29. The zero-order chi connectivity index (χ0) is 18.8. The van der Waals surface area contributed by atoms with Gasteiger partial charge in [0.15, 0.2) is 5.76 Å². The van der Waals surface area contributed by atoms with Gasteiger partial charge in [-0.05, 0) is 59.7 Å². The van der Waals surface area contributed by atoms with Crippen molar-refractivity contribution in [2.75, 3.05) is 0 Å². The Morgan fingerprint density at radius 1 is 1.11 bits per heavy atom. The Bertz CT molecular complexity index is 1090. The van der Waals surface area contributed by atoms with Gasteiger partial charge in [-0.15, -0.1) is 5.10 Å². The highest BCUT2D eigenvalue weighted by Gasteiger charge is 2.13. The van der Waals surface area contributed by atoms with E-state index < -0.39 is 0 Å². The van der Waals surface area contributed by atoms with Crippen LogP contribution in [0.4, 0.5) is 0 Å². The fourth-order valence-electron chi connectivity index (χ4n) is 2.57. The Hall–Kier alpha value is -2.64. The number of aryl methyl sites for hydroxylation is 2. The van der Waals surface area contributed by atoms with Gasteiger partial charge in [-0.3, -0.25) is 0 Å². The fourth-order valence-corrected chi connectivity index (χ4v) is 3.50. The maximum absolute atomic E-state index is 6.04. The Kier molecular flexibility index (Phi) is 4.96. The largest absolute Gasteiger partial charge is 0.440 e. The van der Waals surface area contributed by atoms with Crippen LogP contribution in [0.5, 0.6) is 0 Å². The van der Waals surface area contributed by atoms with Gasteiger partial charge in [-0.2, -0.15) is 4.68 Å². The summed E-state index contributed by atoms with van der Waals surface area (Å²) in [7, 11) is 0. The van der Waals surface area contributed by atoms with E-state index in [9.17, 15) is 0 Å². The molecule has 136 valence electrons. The molecule has 4 aromatic rings. The summed E-state index contributed by atoms with van der Waals surface area (Å²) in [5.41, 5.74) is 4.25. The number of benzene rings is 2.